The monoisotopic (exact) mass is 259 g/mol. The van der Waals surface area contributed by atoms with E-state index in [1.165, 1.54) is 11.3 Å². The molecule has 0 saturated carbocycles. The SMILES string of the molecule is CCCNC(C#N)CCN(CC)c1ccccc1C. The highest BCUT2D eigenvalue weighted by atomic mass is 15.1. The van der Waals surface area contributed by atoms with Crippen LogP contribution < -0.4 is 10.2 Å². The molecule has 0 spiro atoms. The van der Waals surface area contributed by atoms with Crippen molar-refractivity contribution in [2.75, 3.05) is 24.5 Å². The Morgan fingerprint density at radius 2 is 2.05 bits per heavy atom. The second-order valence-corrected chi connectivity index (χ2v) is 4.79. The number of nitrogens with zero attached hydrogens (tertiary/aromatic N) is 2. The number of hydrogen-bond donors (Lipinski definition) is 1. The van der Waals surface area contributed by atoms with Gasteiger partial charge < -0.3 is 10.2 Å². The zero-order valence-corrected chi connectivity index (χ0v) is 12.3. The number of nitriles is 1. The first-order valence-electron chi connectivity index (χ1n) is 7.16. The third-order valence-corrected chi connectivity index (χ3v) is 3.32. The molecule has 0 aromatic heterocycles. The molecule has 1 N–H and O–H groups in total. The van der Waals surface area contributed by atoms with Crippen molar-refractivity contribution in [2.24, 2.45) is 0 Å². The molecule has 0 fully saturated rings. The Kier molecular flexibility index (Phi) is 6.99. The normalized spacial score (nSPS) is 11.9. The van der Waals surface area contributed by atoms with Gasteiger partial charge in [-0.15, -0.1) is 0 Å². The van der Waals surface area contributed by atoms with E-state index < -0.39 is 0 Å². The molecule has 0 aliphatic heterocycles. The third-order valence-electron chi connectivity index (χ3n) is 3.32. The van der Waals surface area contributed by atoms with Crippen LogP contribution in [0, 0.1) is 18.3 Å². The number of hydrogen-bond acceptors (Lipinski definition) is 3. The predicted molar refractivity (Wildman–Crippen MR) is 81.4 cm³/mol. The van der Waals surface area contributed by atoms with Gasteiger partial charge in [0.15, 0.2) is 0 Å². The summed E-state index contributed by atoms with van der Waals surface area (Å²) in [7, 11) is 0. The van der Waals surface area contributed by atoms with Crippen molar-refractivity contribution < 1.29 is 0 Å². The van der Waals surface area contributed by atoms with Crippen molar-refractivity contribution in [3.8, 4) is 6.07 Å². The lowest BCUT2D eigenvalue weighted by Gasteiger charge is -2.26. The van der Waals surface area contributed by atoms with Gasteiger partial charge in [0.2, 0.25) is 0 Å². The van der Waals surface area contributed by atoms with E-state index in [4.69, 9.17) is 5.26 Å². The fraction of sp³-hybridized carbons (Fsp3) is 0.562. The zero-order chi connectivity index (χ0) is 14.1. The molecule has 0 aliphatic rings. The average Bonchev–Trinajstić information content (AvgIpc) is 2.44. The van der Waals surface area contributed by atoms with Crippen molar-refractivity contribution in [2.45, 2.75) is 39.7 Å². The lowest BCUT2D eigenvalue weighted by atomic mass is 10.1. The van der Waals surface area contributed by atoms with Gasteiger partial charge in [0, 0.05) is 18.8 Å². The molecule has 19 heavy (non-hydrogen) atoms. The molecule has 1 unspecified atom stereocenters. The molecule has 0 aliphatic carbocycles. The van der Waals surface area contributed by atoms with E-state index in [1.807, 2.05) is 0 Å². The minimum atomic E-state index is -0.0435. The predicted octanol–water partition coefficient (Wildman–Crippen LogP) is 3.10. The molecule has 0 amide bonds. The number of aryl methyl sites for hydroxylation is 1. The van der Waals surface area contributed by atoms with Crippen molar-refractivity contribution in [1.29, 1.82) is 5.26 Å². The molecular weight excluding hydrogens is 234 g/mol. The molecule has 1 rings (SSSR count). The summed E-state index contributed by atoms with van der Waals surface area (Å²) >= 11 is 0. The molecule has 0 heterocycles. The quantitative estimate of drug-likeness (QED) is 0.779. The van der Waals surface area contributed by atoms with Gasteiger partial charge in [0.1, 0.15) is 0 Å². The fourth-order valence-corrected chi connectivity index (χ4v) is 2.18. The highest BCUT2D eigenvalue weighted by Gasteiger charge is 2.11. The van der Waals surface area contributed by atoms with E-state index in [0.29, 0.717) is 0 Å². The molecule has 1 atom stereocenters. The standard InChI is InChI=1S/C16H25N3/c1-4-11-18-15(13-17)10-12-19(5-2)16-9-7-6-8-14(16)3/h6-9,15,18H,4-5,10-12H2,1-3H3. The first-order valence-corrected chi connectivity index (χ1v) is 7.16. The Bertz CT molecular complexity index is 409. The van der Waals surface area contributed by atoms with Crippen LogP contribution in [-0.2, 0) is 0 Å². The van der Waals surface area contributed by atoms with E-state index in [0.717, 1.165) is 32.5 Å². The first-order chi connectivity index (χ1) is 9.22. The number of rotatable bonds is 8. The topological polar surface area (TPSA) is 39.1 Å². The zero-order valence-electron chi connectivity index (χ0n) is 12.3. The molecular formula is C16H25N3. The van der Waals surface area contributed by atoms with Gasteiger partial charge in [-0.1, -0.05) is 25.1 Å². The van der Waals surface area contributed by atoms with Crippen LogP contribution in [0.1, 0.15) is 32.3 Å². The Morgan fingerprint density at radius 3 is 2.63 bits per heavy atom. The van der Waals surface area contributed by atoms with E-state index in [9.17, 15) is 0 Å². The number of benzene rings is 1. The number of para-hydroxylation sites is 1. The Morgan fingerprint density at radius 1 is 1.32 bits per heavy atom. The minimum Gasteiger partial charge on any atom is -0.372 e. The largest absolute Gasteiger partial charge is 0.372 e. The van der Waals surface area contributed by atoms with E-state index in [1.54, 1.807) is 0 Å². The van der Waals surface area contributed by atoms with Crippen LogP contribution >= 0.6 is 0 Å². The summed E-state index contributed by atoms with van der Waals surface area (Å²) in [5, 5.41) is 12.4. The van der Waals surface area contributed by atoms with Gasteiger partial charge in [-0.2, -0.15) is 5.26 Å². The summed E-state index contributed by atoms with van der Waals surface area (Å²) in [4.78, 5) is 2.34. The summed E-state index contributed by atoms with van der Waals surface area (Å²) in [6.45, 7) is 9.21. The summed E-state index contributed by atoms with van der Waals surface area (Å²) in [6.07, 6.45) is 1.92. The molecule has 0 saturated heterocycles. The fourth-order valence-electron chi connectivity index (χ4n) is 2.18. The van der Waals surface area contributed by atoms with Crippen LogP contribution in [0.25, 0.3) is 0 Å². The van der Waals surface area contributed by atoms with Crippen LogP contribution in [0.4, 0.5) is 5.69 Å². The molecule has 3 nitrogen and oxygen atoms in total. The highest BCUT2D eigenvalue weighted by Crippen LogP contribution is 2.19. The Hall–Kier alpha value is -1.53. The van der Waals surface area contributed by atoms with E-state index in [-0.39, 0.29) is 6.04 Å². The van der Waals surface area contributed by atoms with Crippen molar-refractivity contribution in [1.82, 2.24) is 5.32 Å². The van der Waals surface area contributed by atoms with Crippen LogP contribution in [0.5, 0.6) is 0 Å². The van der Waals surface area contributed by atoms with Crippen molar-refractivity contribution in [3.63, 3.8) is 0 Å². The Labute approximate surface area is 117 Å². The summed E-state index contributed by atoms with van der Waals surface area (Å²) in [5.74, 6) is 0. The second kappa shape index (κ2) is 8.55. The summed E-state index contributed by atoms with van der Waals surface area (Å²) in [6, 6.07) is 10.7. The smallest absolute Gasteiger partial charge is 0.0969 e. The van der Waals surface area contributed by atoms with Crippen LogP contribution in [-0.4, -0.2) is 25.7 Å². The average molecular weight is 259 g/mol. The lowest BCUT2D eigenvalue weighted by Crippen LogP contribution is -2.34. The molecule has 1 aromatic carbocycles. The summed E-state index contributed by atoms with van der Waals surface area (Å²) < 4.78 is 0. The maximum absolute atomic E-state index is 9.13. The first kappa shape index (κ1) is 15.5. The highest BCUT2D eigenvalue weighted by molar-refractivity contribution is 5.52. The van der Waals surface area contributed by atoms with Gasteiger partial charge >= 0.3 is 0 Å². The number of anilines is 1. The maximum atomic E-state index is 9.13. The van der Waals surface area contributed by atoms with Gasteiger partial charge in [0.05, 0.1) is 12.1 Å². The molecule has 0 bridgehead atoms. The van der Waals surface area contributed by atoms with E-state index in [2.05, 4.69) is 61.3 Å². The molecule has 3 heteroatoms. The van der Waals surface area contributed by atoms with Gasteiger partial charge in [-0.25, -0.2) is 0 Å². The summed E-state index contributed by atoms with van der Waals surface area (Å²) in [5.41, 5.74) is 2.57. The maximum Gasteiger partial charge on any atom is 0.0969 e. The van der Waals surface area contributed by atoms with Crippen molar-refractivity contribution >= 4 is 5.69 Å². The van der Waals surface area contributed by atoms with Gasteiger partial charge in [-0.3, -0.25) is 0 Å². The van der Waals surface area contributed by atoms with Crippen LogP contribution in [0.2, 0.25) is 0 Å². The molecule has 1 aromatic rings. The third kappa shape index (κ3) is 4.92. The van der Waals surface area contributed by atoms with E-state index >= 15 is 0 Å². The van der Waals surface area contributed by atoms with Gasteiger partial charge in [-0.05, 0) is 44.9 Å². The van der Waals surface area contributed by atoms with Gasteiger partial charge in [0.25, 0.3) is 0 Å². The minimum absolute atomic E-state index is 0.0435. The lowest BCUT2D eigenvalue weighted by molar-refractivity contribution is 0.556. The molecule has 0 radical (unpaired) electrons. The van der Waals surface area contributed by atoms with Crippen LogP contribution in [0.3, 0.4) is 0 Å². The Balaban J connectivity index is 2.58. The number of nitrogens with one attached hydrogen (secondary N) is 1. The van der Waals surface area contributed by atoms with Crippen molar-refractivity contribution in [3.05, 3.63) is 29.8 Å². The molecule has 104 valence electrons. The van der Waals surface area contributed by atoms with Crippen LogP contribution in [0.15, 0.2) is 24.3 Å². The second-order valence-electron chi connectivity index (χ2n) is 4.79.